The van der Waals surface area contributed by atoms with E-state index in [0.29, 0.717) is 30.3 Å². The van der Waals surface area contributed by atoms with Gasteiger partial charge in [-0.2, -0.15) is 14.9 Å². The van der Waals surface area contributed by atoms with Gasteiger partial charge in [0, 0.05) is 12.5 Å². The molecule has 9 nitrogen and oxygen atoms in total. The predicted octanol–water partition coefficient (Wildman–Crippen LogP) is 2.07. The third kappa shape index (κ3) is 3.56. The Kier molecular flexibility index (Phi) is 4.97. The number of rotatable bonds is 7. The topological polar surface area (TPSA) is 96.2 Å². The van der Waals surface area contributed by atoms with Gasteiger partial charge >= 0.3 is 5.69 Å². The number of ether oxygens (including phenoxy) is 3. The maximum Gasteiger partial charge on any atom is 0.347 e. The quantitative estimate of drug-likeness (QED) is 0.665. The molecular weight excluding hydrogens is 369 g/mol. The van der Waals surface area contributed by atoms with E-state index in [9.17, 15) is 9.18 Å². The Morgan fingerprint density at radius 1 is 1.39 bits per heavy atom. The van der Waals surface area contributed by atoms with E-state index in [0.717, 1.165) is 23.4 Å². The second-order valence-electron chi connectivity index (χ2n) is 6.41. The number of nitrogens with zero attached hydrogens (tertiary/aromatic N) is 4. The normalized spacial score (nSPS) is 16.2. The summed E-state index contributed by atoms with van der Waals surface area (Å²) < 4.78 is 33.9. The molecule has 4 rings (SSSR count). The van der Waals surface area contributed by atoms with Gasteiger partial charge in [0.25, 0.3) is 0 Å². The van der Waals surface area contributed by atoms with Crippen molar-refractivity contribution in [2.45, 2.75) is 33.1 Å². The molecule has 1 aliphatic heterocycles. The van der Waals surface area contributed by atoms with E-state index in [1.54, 1.807) is 17.7 Å². The summed E-state index contributed by atoms with van der Waals surface area (Å²) in [6.07, 6.45) is 2.03. The van der Waals surface area contributed by atoms with E-state index in [1.807, 2.05) is 6.92 Å². The highest BCUT2D eigenvalue weighted by molar-refractivity contribution is 5.42. The van der Waals surface area contributed by atoms with Crippen molar-refractivity contribution in [2.24, 2.45) is 0 Å². The molecule has 3 aromatic rings. The number of nitrogens with one attached hydrogen (secondary N) is 1. The summed E-state index contributed by atoms with van der Waals surface area (Å²) in [5, 5.41) is 8.27. The molecule has 2 aromatic heterocycles. The van der Waals surface area contributed by atoms with Crippen molar-refractivity contribution < 1.29 is 18.6 Å². The molecule has 0 saturated carbocycles. The van der Waals surface area contributed by atoms with Crippen LogP contribution in [0.4, 0.5) is 4.39 Å². The lowest BCUT2D eigenvalue weighted by molar-refractivity contribution is -0.215. The second-order valence-corrected chi connectivity index (χ2v) is 6.41. The van der Waals surface area contributed by atoms with Crippen molar-refractivity contribution in [2.75, 3.05) is 13.2 Å². The van der Waals surface area contributed by atoms with Gasteiger partial charge < -0.3 is 14.2 Å². The molecular formula is C18H20FN5O4. The van der Waals surface area contributed by atoms with E-state index >= 15 is 0 Å². The van der Waals surface area contributed by atoms with E-state index < -0.39 is 11.5 Å². The van der Waals surface area contributed by atoms with Crippen molar-refractivity contribution in [1.82, 2.24) is 24.5 Å². The molecule has 1 aliphatic rings. The molecule has 3 heterocycles. The standard InChI is InChI=1S/C18H20FN5O4/c1-11-17(12(2)23(22-11)6-8-27-16-5-7-26-16)28-15-4-3-13(9-14(15)19)24-18(25)20-10-21-24/h3-4,9-10,16H,5-8H2,1-2H3,(H,20,21,25). The molecule has 148 valence electrons. The summed E-state index contributed by atoms with van der Waals surface area (Å²) in [7, 11) is 0. The SMILES string of the molecule is Cc1nn(CCOC2CCO2)c(C)c1Oc1ccc(-n2nc[nH]c2=O)cc1F. The minimum atomic E-state index is -0.607. The highest BCUT2D eigenvalue weighted by Gasteiger charge is 2.20. The average Bonchev–Trinajstić information content (AvgIpc) is 3.17. The molecule has 1 fully saturated rings. The Morgan fingerprint density at radius 3 is 2.86 bits per heavy atom. The lowest BCUT2D eigenvalue weighted by atomic mass is 10.3. The van der Waals surface area contributed by atoms with Crippen LogP contribution in [0, 0.1) is 19.7 Å². The zero-order valence-electron chi connectivity index (χ0n) is 15.5. The summed E-state index contributed by atoms with van der Waals surface area (Å²) in [5.41, 5.74) is 1.26. The maximum atomic E-state index is 14.5. The summed E-state index contributed by atoms with van der Waals surface area (Å²) in [6, 6.07) is 4.21. The number of benzene rings is 1. The molecule has 1 aromatic carbocycles. The van der Waals surface area contributed by atoms with Crippen LogP contribution in [0.15, 0.2) is 29.3 Å². The lowest BCUT2D eigenvalue weighted by Gasteiger charge is -2.26. The van der Waals surface area contributed by atoms with E-state index in [-0.39, 0.29) is 12.0 Å². The van der Waals surface area contributed by atoms with Crippen LogP contribution in [0.25, 0.3) is 5.69 Å². The summed E-state index contributed by atoms with van der Waals surface area (Å²) in [4.78, 5) is 14.0. The van der Waals surface area contributed by atoms with Gasteiger partial charge in [-0.25, -0.2) is 9.18 Å². The predicted molar refractivity (Wildman–Crippen MR) is 96.2 cm³/mol. The van der Waals surface area contributed by atoms with Crippen molar-refractivity contribution >= 4 is 0 Å². The highest BCUT2D eigenvalue weighted by atomic mass is 19.1. The van der Waals surface area contributed by atoms with Gasteiger partial charge in [0.05, 0.1) is 31.1 Å². The van der Waals surface area contributed by atoms with Crippen molar-refractivity contribution in [3.8, 4) is 17.2 Å². The fourth-order valence-corrected chi connectivity index (χ4v) is 2.92. The third-order valence-corrected chi connectivity index (χ3v) is 4.50. The smallest absolute Gasteiger partial charge is 0.347 e. The molecule has 1 saturated heterocycles. The van der Waals surface area contributed by atoms with Gasteiger partial charge in [-0.15, -0.1) is 0 Å². The Bertz CT molecular complexity index is 1040. The first-order chi connectivity index (χ1) is 13.5. The average molecular weight is 389 g/mol. The van der Waals surface area contributed by atoms with Gasteiger partial charge in [0.15, 0.2) is 23.6 Å². The van der Waals surface area contributed by atoms with Crippen LogP contribution in [0.5, 0.6) is 11.5 Å². The number of H-pyrrole nitrogens is 1. The van der Waals surface area contributed by atoms with Gasteiger partial charge in [0.1, 0.15) is 12.0 Å². The molecule has 0 bridgehead atoms. The van der Waals surface area contributed by atoms with Crippen LogP contribution < -0.4 is 10.4 Å². The molecule has 0 radical (unpaired) electrons. The fourth-order valence-electron chi connectivity index (χ4n) is 2.92. The molecule has 0 spiro atoms. The molecule has 1 N–H and O–H groups in total. The molecule has 0 amide bonds. The molecule has 0 aliphatic carbocycles. The van der Waals surface area contributed by atoms with Gasteiger partial charge in [-0.1, -0.05) is 0 Å². The fraction of sp³-hybridized carbons (Fsp3) is 0.389. The zero-order chi connectivity index (χ0) is 19.7. The Hall–Kier alpha value is -2.98. The van der Waals surface area contributed by atoms with Crippen LogP contribution in [0.1, 0.15) is 17.8 Å². The lowest BCUT2D eigenvalue weighted by Crippen LogP contribution is -2.30. The highest BCUT2D eigenvalue weighted by Crippen LogP contribution is 2.31. The molecule has 28 heavy (non-hydrogen) atoms. The number of aromatic amines is 1. The van der Waals surface area contributed by atoms with Crippen LogP contribution in [0.3, 0.4) is 0 Å². The number of aryl methyl sites for hydroxylation is 1. The summed E-state index contributed by atoms with van der Waals surface area (Å²) >= 11 is 0. The number of halogens is 1. The summed E-state index contributed by atoms with van der Waals surface area (Å²) in [5.74, 6) is -0.0786. The van der Waals surface area contributed by atoms with Crippen molar-refractivity contribution in [3.63, 3.8) is 0 Å². The molecule has 10 heteroatoms. The minimum Gasteiger partial charge on any atom is -0.450 e. The van der Waals surface area contributed by atoms with Gasteiger partial charge in [0.2, 0.25) is 0 Å². The van der Waals surface area contributed by atoms with Gasteiger partial charge in [-0.3, -0.25) is 9.67 Å². The first-order valence-corrected chi connectivity index (χ1v) is 8.90. The van der Waals surface area contributed by atoms with Crippen molar-refractivity contribution in [3.05, 3.63) is 52.2 Å². The molecule has 1 atom stereocenters. The van der Waals surface area contributed by atoms with Crippen molar-refractivity contribution in [1.29, 1.82) is 0 Å². The van der Waals surface area contributed by atoms with E-state index in [2.05, 4.69) is 15.2 Å². The van der Waals surface area contributed by atoms with E-state index in [4.69, 9.17) is 14.2 Å². The van der Waals surface area contributed by atoms with Crippen LogP contribution in [-0.4, -0.2) is 44.0 Å². The maximum absolute atomic E-state index is 14.5. The first-order valence-electron chi connectivity index (χ1n) is 8.90. The van der Waals surface area contributed by atoms with Gasteiger partial charge in [-0.05, 0) is 26.0 Å². The van der Waals surface area contributed by atoms with Crippen LogP contribution in [0.2, 0.25) is 0 Å². The zero-order valence-corrected chi connectivity index (χ0v) is 15.5. The first kappa shape index (κ1) is 18.4. The third-order valence-electron chi connectivity index (χ3n) is 4.50. The number of hydrogen-bond acceptors (Lipinski definition) is 6. The Morgan fingerprint density at radius 2 is 2.21 bits per heavy atom. The summed E-state index contributed by atoms with van der Waals surface area (Å²) in [6.45, 7) is 5.39. The largest absolute Gasteiger partial charge is 0.450 e. The Balaban J connectivity index is 1.49. The van der Waals surface area contributed by atoms with Crippen LogP contribution in [-0.2, 0) is 16.0 Å². The minimum absolute atomic E-state index is 0.0391. The van der Waals surface area contributed by atoms with E-state index in [1.165, 1.54) is 18.5 Å². The number of aromatic nitrogens is 5. The molecule has 1 unspecified atom stereocenters. The second kappa shape index (κ2) is 7.56. The Labute approximate surface area is 159 Å². The monoisotopic (exact) mass is 389 g/mol. The number of hydrogen-bond donors (Lipinski definition) is 1. The van der Waals surface area contributed by atoms with Crippen LogP contribution >= 0.6 is 0 Å².